The van der Waals surface area contributed by atoms with Crippen molar-refractivity contribution in [2.45, 2.75) is 6.61 Å². The highest BCUT2D eigenvalue weighted by Gasteiger charge is 2.13. The van der Waals surface area contributed by atoms with Crippen molar-refractivity contribution in [3.63, 3.8) is 0 Å². The average molecular weight is 305 g/mol. The molecule has 1 heterocycles. The summed E-state index contributed by atoms with van der Waals surface area (Å²) in [5.41, 5.74) is 0.258. The van der Waals surface area contributed by atoms with E-state index in [1.807, 2.05) is 0 Å². The Hall–Kier alpha value is -2.40. The zero-order valence-electron chi connectivity index (χ0n) is 10.8. The summed E-state index contributed by atoms with van der Waals surface area (Å²) in [4.78, 5) is 0. The van der Waals surface area contributed by atoms with Gasteiger partial charge < -0.3 is 9.15 Å². The molecule has 0 spiro atoms. The molecule has 0 aliphatic heterocycles. The minimum absolute atomic E-state index is 0.0607. The molecule has 1 aromatic heterocycles. The van der Waals surface area contributed by atoms with Crippen LogP contribution in [0.25, 0.3) is 11.5 Å². The van der Waals surface area contributed by atoms with E-state index in [2.05, 4.69) is 10.2 Å². The Morgan fingerprint density at radius 1 is 1.05 bits per heavy atom. The lowest BCUT2D eigenvalue weighted by Crippen LogP contribution is -1.96. The van der Waals surface area contributed by atoms with Gasteiger partial charge in [-0.25, -0.2) is 4.39 Å². The number of halogens is 2. The maximum atomic E-state index is 13.6. The molecule has 3 aromatic rings. The van der Waals surface area contributed by atoms with Crippen LogP contribution >= 0.6 is 11.6 Å². The highest BCUT2D eigenvalue weighted by atomic mass is 35.5. The van der Waals surface area contributed by atoms with Crippen LogP contribution in [-0.2, 0) is 6.61 Å². The van der Waals surface area contributed by atoms with Gasteiger partial charge in [0, 0.05) is 0 Å². The number of para-hydroxylation sites is 1. The molecule has 3 rings (SSSR count). The van der Waals surface area contributed by atoms with E-state index in [4.69, 9.17) is 20.8 Å². The van der Waals surface area contributed by atoms with Gasteiger partial charge in [-0.05, 0) is 24.3 Å². The van der Waals surface area contributed by atoms with Gasteiger partial charge >= 0.3 is 0 Å². The van der Waals surface area contributed by atoms with Crippen molar-refractivity contribution in [3.8, 4) is 17.2 Å². The molecule has 0 unspecified atom stereocenters. The molecule has 106 valence electrons. The number of ether oxygens (including phenoxy) is 1. The van der Waals surface area contributed by atoms with Crippen molar-refractivity contribution in [2.24, 2.45) is 0 Å². The standard InChI is InChI=1S/C15H10ClFN2O2/c16-11-6-2-4-8-13(11)20-9-14-18-19-15(21-14)10-5-1-3-7-12(10)17/h1-8H,9H2. The highest BCUT2D eigenvalue weighted by molar-refractivity contribution is 6.32. The van der Waals surface area contributed by atoms with E-state index < -0.39 is 5.82 Å². The summed E-state index contributed by atoms with van der Waals surface area (Å²) >= 11 is 5.97. The molecule has 21 heavy (non-hydrogen) atoms. The molecular formula is C15H10ClFN2O2. The van der Waals surface area contributed by atoms with E-state index in [0.717, 1.165) is 0 Å². The average Bonchev–Trinajstić information content (AvgIpc) is 2.96. The molecule has 0 fully saturated rings. The zero-order valence-corrected chi connectivity index (χ0v) is 11.5. The first-order chi connectivity index (χ1) is 10.2. The van der Waals surface area contributed by atoms with Crippen LogP contribution in [0.15, 0.2) is 52.9 Å². The number of nitrogens with zero attached hydrogens (tertiary/aromatic N) is 2. The predicted molar refractivity (Wildman–Crippen MR) is 75.5 cm³/mol. The maximum absolute atomic E-state index is 13.6. The van der Waals surface area contributed by atoms with Crippen LogP contribution in [-0.4, -0.2) is 10.2 Å². The monoisotopic (exact) mass is 304 g/mol. The Morgan fingerprint density at radius 3 is 2.62 bits per heavy atom. The van der Waals surface area contributed by atoms with Crippen molar-refractivity contribution in [3.05, 3.63) is 65.3 Å². The number of hydrogen-bond donors (Lipinski definition) is 0. The van der Waals surface area contributed by atoms with Crippen LogP contribution < -0.4 is 4.74 Å². The van der Waals surface area contributed by atoms with Crippen LogP contribution in [0, 0.1) is 5.82 Å². The van der Waals surface area contributed by atoms with Gasteiger partial charge in [-0.1, -0.05) is 35.9 Å². The second kappa shape index (κ2) is 5.93. The Balaban J connectivity index is 1.74. The van der Waals surface area contributed by atoms with E-state index in [0.29, 0.717) is 10.8 Å². The molecule has 0 amide bonds. The third-order valence-electron chi connectivity index (χ3n) is 2.76. The van der Waals surface area contributed by atoms with E-state index in [1.54, 1.807) is 42.5 Å². The Kier molecular flexibility index (Phi) is 3.83. The quantitative estimate of drug-likeness (QED) is 0.728. The fraction of sp³-hybridized carbons (Fsp3) is 0.0667. The molecule has 0 atom stereocenters. The molecule has 0 N–H and O–H groups in total. The summed E-state index contributed by atoms with van der Waals surface area (Å²) < 4.78 is 24.5. The molecule has 0 aliphatic carbocycles. The second-order valence-corrected chi connectivity index (χ2v) is 4.61. The summed E-state index contributed by atoms with van der Waals surface area (Å²) in [6, 6.07) is 13.3. The molecule has 0 aliphatic rings. The van der Waals surface area contributed by atoms with Crippen LogP contribution in [0.5, 0.6) is 5.75 Å². The van der Waals surface area contributed by atoms with Crippen LogP contribution in [0.3, 0.4) is 0 Å². The lowest BCUT2D eigenvalue weighted by Gasteiger charge is -2.04. The summed E-state index contributed by atoms with van der Waals surface area (Å²) in [5.74, 6) is 0.462. The molecule has 2 aromatic carbocycles. The first kappa shape index (κ1) is 13.6. The minimum atomic E-state index is -0.417. The first-order valence-corrected chi connectivity index (χ1v) is 6.56. The van der Waals surface area contributed by atoms with Gasteiger partial charge in [-0.15, -0.1) is 10.2 Å². The van der Waals surface area contributed by atoms with Gasteiger partial charge in [0.2, 0.25) is 0 Å². The molecule has 0 bridgehead atoms. The van der Waals surface area contributed by atoms with Gasteiger partial charge in [0.1, 0.15) is 11.6 Å². The van der Waals surface area contributed by atoms with E-state index in [-0.39, 0.29) is 24.0 Å². The summed E-state index contributed by atoms with van der Waals surface area (Å²) in [6.45, 7) is 0.0607. The van der Waals surface area contributed by atoms with Crippen LogP contribution in [0.4, 0.5) is 4.39 Å². The van der Waals surface area contributed by atoms with Gasteiger partial charge in [0.15, 0.2) is 6.61 Å². The van der Waals surface area contributed by atoms with Crippen molar-refractivity contribution >= 4 is 11.6 Å². The van der Waals surface area contributed by atoms with E-state index >= 15 is 0 Å². The molecule has 0 saturated heterocycles. The van der Waals surface area contributed by atoms with Gasteiger partial charge in [0.05, 0.1) is 10.6 Å². The molecule has 0 saturated carbocycles. The molecule has 0 radical (unpaired) electrons. The fourth-order valence-corrected chi connectivity index (χ4v) is 1.95. The molecule has 6 heteroatoms. The zero-order chi connectivity index (χ0) is 14.7. The van der Waals surface area contributed by atoms with Gasteiger partial charge in [0.25, 0.3) is 11.8 Å². The SMILES string of the molecule is Fc1ccccc1-c1nnc(COc2ccccc2Cl)o1. The van der Waals surface area contributed by atoms with Crippen molar-refractivity contribution in [1.82, 2.24) is 10.2 Å². The number of benzene rings is 2. The largest absolute Gasteiger partial charge is 0.482 e. The van der Waals surface area contributed by atoms with Crippen LogP contribution in [0.2, 0.25) is 5.02 Å². The normalized spacial score (nSPS) is 10.6. The Bertz CT molecular complexity index is 761. The Labute approximate surface area is 125 Å². The van der Waals surface area contributed by atoms with Gasteiger partial charge in [-0.3, -0.25) is 0 Å². The number of hydrogen-bond acceptors (Lipinski definition) is 4. The highest BCUT2D eigenvalue weighted by Crippen LogP contribution is 2.25. The second-order valence-electron chi connectivity index (χ2n) is 4.20. The lowest BCUT2D eigenvalue weighted by atomic mass is 10.2. The number of aromatic nitrogens is 2. The van der Waals surface area contributed by atoms with E-state index in [9.17, 15) is 4.39 Å². The molecular weight excluding hydrogens is 295 g/mol. The third kappa shape index (κ3) is 3.03. The van der Waals surface area contributed by atoms with Crippen molar-refractivity contribution in [2.75, 3.05) is 0 Å². The third-order valence-corrected chi connectivity index (χ3v) is 3.07. The smallest absolute Gasteiger partial charge is 0.254 e. The topological polar surface area (TPSA) is 48.2 Å². The minimum Gasteiger partial charge on any atom is -0.482 e. The summed E-state index contributed by atoms with van der Waals surface area (Å²) in [5, 5.41) is 8.13. The molecule has 4 nitrogen and oxygen atoms in total. The Morgan fingerprint density at radius 2 is 1.81 bits per heavy atom. The fourth-order valence-electron chi connectivity index (χ4n) is 1.76. The number of rotatable bonds is 4. The van der Waals surface area contributed by atoms with Crippen LogP contribution in [0.1, 0.15) is 5.89 Å². The summed E-state index contributed by atoms with van der Waals surface area (Å²) in [6.07, 6.45) is 0. The summed E-state index contributed by atoms with van der Waals surface area (Å²) in [7, 11) is 0. The lowest BCUT2D eigenvalue weighted by molar-refractivity contribution is 0.264. The predicted octanol–water partition coefficient (Wildman–Crippen LogP) is 4.11. The maximum Gasteiger partial charge on any atom is 0.254 e. The van der Waals surface area contributed by atoms with Gasteiger partial charge in [-0.2, -0.15) is 0 Å². The van der Waals surface area contributed by atoms with E-state index in [1.165, 1.54) is 6.07 Å². The van der Waals surface area contributed by atoms with Crippen molar-refractivity contribution < 1.29 is 13.5 Å². The van der Waals surface area contributed by atoms with Crippen molar-refractivity contribution in [1.29, 1.82) is 0 Å². The first-order valence-electron chi connectivity index (χ1n) is 6.18.